The van der Waals surface area contributed by atoms with Crippen molar-refractivity contribution in [2.75, 3.05) is 13.1 Å². The Morgan fingerprint density at radius 2 is 1.93 bits per heavy atom. The molecule has 1 aromatic carbocycles. The fourth-order valence-corrected chi connectivity index (χ4v) is 1.92. The lowest BCUT2D eigenvalue weighted by Crippen LogP contribution is -2.36. The highest BCUT2D eigenvalue weighted by Gasteiger charge is 2.25. The molecule has 0 bridgehead atoms. The van der Waals surface area contributed by atoms with Gasteiger partial charge < -0.3 is 10.4 Å². The zero-order valence-electron chi connectivity index (χ0n) is 8.32. The fraction of sp³-hybridized carbons (Fsp3) is 0.455. The number of alkyl halides is 1. The van der Waals surface area contributed by atoms with Crippen LogP contribution in [0.4, 0.5) is 4.39 Å². The van der Waals surface area contributed by atoms with E-state index in [0.29, 0.717) is 6.54 Å². The lowest BCUT2D eigenvalue weighted by molar-refractivity contribution is 0.231. The highest BCUT2D eigenvalue weighted by atomic mass is 35.5. The third-order valence-corrected chi connectivity index (χ3v) is 2.73. The fourth-order valence-electron chi connectivity index (χ4n) is 1.92. The van der Waals surface area contributed by atoms with Gasteiger partial charge in [-0.05, 0) is 30.7 Å². The Morgan fingerprint density at radius 3 is 2.53 bits per heavy atom. The number of halogens is 2. The van der Waals surface area contributed by atoms with Crippen LogP contribution in [0.3, 0.4) is 0 Å². The molecule has 1 fully saturated rings. The predicted octanol–water partition coefficient (Wildman–Crippen LogP) is 2.23. The first-order valence-corrected chi connectivity index (χ1v) is 4.91. The van der Waals surface area contributed by atoms with Crippen LogP contribution in [0.1, 0.15) is 17.9 Å². The van der Waals surface area contributed by atoms with Gasteiger partial charge in [0.25, 0.3) is 0 Å². The topological polar surface area (TPSA) is 32.3 Å². The van der Waals surface area contributed by atoms with Crippen LogP contribution in [-0.2, 0) is 0 Å². The molecule has 2 unspecified atom stereocenters. The van der Waals surface area contributed by atoms with Crippen LogP contribution in [0.5, 0.6) is 5.75 Å². The van der Waals surface area contributed by atoms with Crippen LogP contribution >= 0.6 is 12.4 Å². The summed E-state index contributed by atoms with van der Waals surface area (Å²) in [5, 5.41) is 12.1. The number of hydrogen-bond donors (Lipinski definition) is 2. The minimum absolute atomic E-state index is 0. The van der Waals surface area contributed by atoms with Crippen molar-refractivity contribution in [2.24, 2.45) is 0 Å². The lowest BCUT2D eigenvalue weighted by Gasteiger charge is -2.26. The maximum Gasteiger partial charge on any atom is 0.119 e. The molecule has 1 aliphatic rings. The molecule has 2 N–H and O–H groups in total. The van der Waals surface area contributed by atoms with Crippen molar-refractivity contribution in [3.63, 3.8) is 0 Å². The van der Waals surface area contributed by atoms with E-state index in [9.17, 15) is 4.39 Å². The van der Waals surface area contributed by atoms with Crippen molar-refractivity contribution in [1.29, 1.82) is 0 Å². The van der Waals surface area contributed by atoms with E-state index >= 15 is 0 Å². The van der Waals surface area contributed by atoms with E-state index in [1.54, 1.807) is 24.3 Å². The maximum atomic E-state index is 13.5. The van der Waals surface area contributed by atoms with Gasteiger partial charge in [-0.25, -0.2) is 4.39 Å². The first-order valence-electron chi connectivity index (χ1n) is 4.91. The van der Waals surface area contributed by atoms with Crippen molar-refractivity contribution >= 4 is 12.4 Å². The summed E-state index contributed by atoms with van der Waals surface area (Å²) in [5.74, 6) is 0.218. The van der Waals surface area contributed by atoms with Crippen molar-refractivity contribution in [2.45, 2.75) is 18.5 Å². The second-order valence-corrected chi connectivity index (χ2v) is 3.71. The summed E-state index contributed by atoms with van der Waals surface area (Å²) in [4.78, 5) is 0. The van der Waals surface area contributed by atoms with Crippen LogP contribution < -0.4 is 5.32 Å². The van der Waals surface area contributed by atoms with Gasteiger partial charge in [-0.15, -0.1) is 12.4 Å². The Balaban J connectivity index is 0.00000112. The second-order valence-electron chi connectivity index (χ2n) is 3.71. The molecular weight excluding hydrogens is 217 g/mol. The van der Waals surface area contributed by atoms with Gasteiger partial charge in [0, 0.05) is 12.5 Å². The highest BCUT2D eigenvalue weighted by molar-refractivity contribution is 5.85. The normalized spacial score (nSPS) is 25.7. The number of benzene rings is 1. The Morgan fingerprint density at radius 1 is 1.27 bits per heavy atom. The quantitative estimate of drug-likeness (QED) is 0.777. The van der Waals surface area contributed by atoms with Crippen molar-refractivity contribution < 1.29 is 9.50 Å². The van der Waals surface area contributed by atoms with E-state index in [0.717, 1.165) is 18.5 Å². The van der Waals surface area contributed by atoms with Crippen LogP contribution in [0.2, 0.25) is 0 Å². The molecule has 84 valence electrons. The SMILES string of the molecule is Cl.Oc1ccc(C2CCNCC2F)cc1. The summed E-state index contributed by atoms with van der Waals surface area (Å²) < 4.78 is 13.5. The molecule has 0 radical (unpaired) electrons. The van der Waals surface area contributed by atoms with Crippen LogP contribution in [0.25, 0.3) is 0 Å². The predicted molar refractivity (Wildman–Crippen MR) is 60.5 cm³/mol. The van der Waals surface area contributed by atoms with Gasteiger partial charge >= 0.3 is 0 Å². The molecule has 1 aliphatic heterocycles. The van der Waals surface area contributed by atoms with Crippen LogP contribution in [0.15, 0.2) is 24.3 Å². The van der Waals surface area contributed by atoms with E-state index in [2.05, 4.69) is 5.32 Å². The second kappa shape index (κ2) is 5.33. The molecule has 1 saturated heterocycles. The molecule has 0 spiro atoms. The molecule has 2 rings (SSSR count). The molecule has 0 aliphatic carbocycles. The highest BCUT2D eigenvalue weighted by Crippen LogP contribution is 2.28. The van der Waals surface area contributed by atoms with Gasteiger partial charge in [0.1, 0.15) is 11.9 Å². The van der Waals surface area contributed by atoms with Crippen molar-refractivity contribution in [1.82, 2.24) is 5.32 Å². The minimum atomic E-state index is -0.812. The smallest absolute Gasteiger partial charge is 0.119 e. The molecule has 0 aromatic heterocycles. The zero-order valence-corrected chi connectivity index (χ0v) is 9.14. The molecule has 0 saturated carbocycles. The Labute approximate surface area is 94.9 Å². The summed E-state index contributed by atoms with van der Waals surface area (Å²) in [6, 6.07) is 6.84. The van der Waals surface area contributed by atoms with Gasteiger partial charge in [-0.3, -0.25) is 0 Å². The first-order chi connectivity index (χ1) is 6.77. The van der Waals surface area contributed by atoms with Crippen molar-refractivity contribution in [3.05, 3.63) is 29.8 Å². The number of piperidine rings is 1. The Kier molecular flexibility index (Phi) is 4.36. The monoisotopic (exact) mass is 231 g/mol. The molecule has 2 nitrogen and oxygen atoms in total. The summed E-state index contributed by atoms with van der Waals surface area (Å²) >= 11 is 0. The van der Waals surface area contributed by atoms with Crippen LogP contribution in [0, 0.1) is 0 Å². The third-order valence-electron chi connectivity index (χ3n) is 2.73. The van der Waals surface area contributed by atoms with Gasteiger partial charge in [-0.1, -0.05) is 12.1 Å². The van der Waals surface area contributed by atoms with Gasteiger partial charge in [0.15, 0.2) is 0 Å². The van der Waals surface area contributed by atoms with E-state index in [1.165, 1.54) is 0 Å². The number of phenolic OH excluding ortho intramolecular Hbond substituents is 1. The summed E-state index contributed by atoms with van der Waals surface area (Å²) in [5.41, 5.74) is 0.983. The Bertz CT molecular complexity index is 304. The molecule has 2 atom stereocenters. The van der Waals surface area contributed by atoms with E-state index in [4.69, 9.17) is 5.11 Å². The third kappa shape index (κ3) is 2.83. The molecule has 0 amide bonds. The molecule has 1 aromatic rings. The van der Waals surface area contributed by atoms with E-state index in [1.807, 2.05) is 0 Å². The average molecular weight is 232 g/mol. The number of hydrogen-bond acceptors (Lipinski definition) is 2. The average Bonchev–Trinajstić information content (AvgIpc) is 2.20. The molecule has 1 heterocycles. The van der Waals surface area contributed by atoms with Gasteiger partial charge in [0.05, 0.1) is 0 Å². The molecule has 4 heteroatoms. The van der Waals surface area contributed by atoms with Crippen LogP contribution in [-0.4, -0.2) is 24.4 Å². The maximum absolute atomic E-state index is 13.5. The summed E-state index contributed by atoms with van der Waals surface area (Å²) in [7, 11) is 0. The molecule has 15 heavy (non-hydrogen) atoms. The largest absolute Gasteiger partial charge is 0.508 e. The van der Waals surface area contributed by atoms with E-state index < -0.39 is 6.17 Å². The van der Waals surface area contributed by atoms with Crippen molar-refractivity contribution in [3.8, 4) is 5.75 Å². The number of nitrogens with one attached hydrogen (secondary N) is 1. The number of rotatable bonds is 1. The standard InChI is InChI=1S/C11H14FNO.ClH/c12-11-7-13-6-5-10(11)8-1-3-9(14)4-2-8;/h1-4,10-11,13-14H,5-7H2;1H. The van der Waals surface area contributed by atoms with E-state index in [-0.39, 0.29) is 24.1 Å². The Hall–Kier alpha value is -0.800. The number of phenols is 1. The first kappa shape index (κ1) is 12.3. The molecular formula is C11H15ClFNO. The minimum Gasteiger partial charge on any atom is -0.508 e. The summed E-state index contributed by atoms with van der Waals surface area (Å²) in [6.45, 7) is 1.30. The van der Waals surface area contributed by atoms with Gasteiger partial charge in [-0.2, -0.15) is 0 Å². The summed E-state index contributed by atoms with van der Waals surface area (Å²) in [6.07, 6.45) is 0.0136. The number of aromatic hydroxyl groups is 1. The van der Waals surface area contributed by atoms with Gasteiger partial charge in [0.2, 0.25) is 0 Å². The lowest BCUT2D eigenvalue weighted by atomic mass is 9.89. The zero-order chi connectivity index (χ0) is 9.97.